The van der Waals surface area contributed by atoms with E-state index in [1.54, 1.807) is 12.3 Å². The number of benzene rings is 2. The van der Waals surface area contributed by atoms with Gasteiger partial charge in [0.25, 0.3) is 0 Å². The molecule has 0 unspecified atom stereocenters. The molecule has 4 rings (SSSR count). The Kier molecular flexibility index (Phi) is 3.19. The monoisotopic (exact) mass is 307 g/mol. The number of ether oxygens (including phenoxy) is 1. The second-order valence-corrected chi connectivity index (χ2v) is 5.24. The van der Waals surface area contributed by atoms with Crippen molar-refractivity contribution >= 4 is 21.8 Å². The smallest absolute Gasteiger partial charge is 0.124 e. The van der Waals surface area contributed by atoms with Gasteiger partial charge in [0.05, 0.1) is 17.6 Å². The number of nitrogens with one attached hydrogen (secondary N) is 1. The Morgan fingerprint density at radius 1 is 1.09 bits per heavy atom. The highest BCUT2D eigenvalue weighted by atomic mass is 19.1. The highest BCUT2D eigenvalue weighted by Gasteiger charge is 2.12. The summed E-state index contributed by atoms with van der Waals surface area (Å²) in [5, 5.41) is 9.00. The summed E-state index contributed by atoms with van der Waals surface area (Å²) in [4.78, 5) is 4.40. The summed E-state index contributed by atoms with van der Waals surface area (Å²) in [6.45, 7) is 2.58. The zero-order chi connectivity index (χ0) is 15.8. The Balaban J connectivity index is 1.87. The molecule has 4 aromatic rings. The number of H-pyrrole nitrogens is 1. The van der Waals surface area contributed by atoms with Gasteiger partial charge in [0, 0.05) is 22.5 Å². The molecule has 0 saturated carbocycles. The molecule has 0 aliphatic rings. The molecule has 1 N–H and O–H groups in total. The highest BCUT2D eigenvalue weighted by molar-refractivity contribution is 6.07. The summed E-state index contributed by atoms with van der Waals surface area (Å²) >= 11 is 0. The van der Waals surface area contributed by atoms with Crippen LogP contribution in [0.3, 0.4) is 0 Å². The molecule has 23 heavy (non-hydrogen) atoms. The molecule has 0 saturated heterocycles. The van der Waals surface area contributed by atoms with Crippen LogP contribution in [0.4, 0.5) is 4.39 Å². The van der Waals surface area contributed by atoms with Gasteiger partial charge in [-0.3, -0.25) is 10.1 Å². The van der Waals surface area contributed by atoms with Gasteiger partial charge in [-0.15, -0.1) is 0 Å². The molecule has 0 aliphatic carbocycles. The largest absolute Gasteiger partial charge is 0.494 e. The van der Waals surface area contributed by atoms with Crippen LogP contribution in [0.25, 0.3) is 33.1 Å². The molecule has 0 fully saturated rings. The fourth-order valence-electron chi connectivity index (χ4n) is 2.73. The summed E-state index contributed by atoms with van der Waals surface area (Å²) in [7, 11) is 0. The van der Waals surface area contributed by atoms with E-state index in [4.69, 9.17) is 4.74 Å². The molecular formula is C18H14FN3O. The summed E-state index contributed by atoms with van der Waals surface area (Å²) in [6.07, 6.45) is 1.77. The number of pyridine rings is 1. The maximum absolute atomic E-state index is 13.5. The number of hydrogen-bond acceptors (Lipinski definition) is 3. The Morgan fingerprint density at radius 2 is 1.91 bits per heavy atom. The molecule has 0 spiro atoms. The zero-order valence-electron chi connectivity index (χ0n) is 12.5. The maximum Gasteiger partial charge on any atom is 0.124 e. The number of nitrogens with zero attached hydrogens (tertiary/aromatic N) is 2. The third-order valence-corrected chi connectivity index (χ3v) is 3.80. The van der Waals surface area contributed by atoms with Crippen molar-refractivity contribution in [3.05, 3.63) is 54.5 Å². The topological polar surface area (TPSA) is 50.8 Å². The molecule has 2 aromatic carbocycles. The van der Waals surface area contributed by atoms with Crippen molar-refractivity contribution in [2.75, 3.05) is 6.61 Å². The molecule has 0 radical (unpaired) electrons. The Morgan fingerprint density at radius 3 is 2.70 bits per heavy atom. The minimum atomic E-state index is -0.288. The number of fused-ring (bicyclic) bond motifs is 3. The van der Waals surface area contributed by atoms with E-state index in [1.165, 1.54) is 12.1 Å². The maximum atomic E-state index is 13.5. The van der Waals surface area contributed by atoms with Gasteiger partial charge in [-0.1, -0.05) is 0 Å². The minimum Gasteiger partial charge on any atom is -0.494 e. The first-order valence-corrected chi connectivity index (χ1v) is 7.42. The molecule has 0 bridgehead atoms. The fraction of sp³-hybridized carbons (Fsp3) is 0.111. The normalized spacial score (nSPS) is 11.2. The number of halogens is 1. The van der Waals surface area contributed by atoms with E-state index in [9.17, 15) is 4.39 Å². The summed E-state index contributed by atoms with van der Waals surface area (Å²) < 4.78 is 19.0. The fourth-order valence-corrected chi connectivity index (χ4v) is 2.73. The van der Waals surface area contributed by atoms with Crippen LogP contribution >= 0.6 is 0 Å². The summed E-state index contributed by atoms with van der Waals surface area (Å²) in [5.41, 5.74) is 3.28. The predicted octanol–water partition coefficient (Wildman–Crippen LogP) is 4.32. The van der Waals surface area contributed by atoms with Gasteiger partial charge in [-0.05, 0) is 49.4 Å². The second-order valence-electron chi connectivity index (χ2n) is 5.24. The quantitative estimate of drug-likeness (QED) is 0.613. The van der Waals surface area contributed by atoms with Crippen LogP contribution in [0.1, 0.15) is 6.92 Å². The van der Waals surface area contributed by atoms with Crippen LogP contribution < -0.4 is 4.74 Å². The van der Waals surface area contributed by atoms with Gasteiger partial charge in [0.1, 0.15) is 17.3 Å². The average Bonchev–Trinajstić information content (AvgIpc) is 3.00. The third kappa shape index (κ3) is 2.30. The molecule has 2 heterocycles. The molecular weight excluding hydrogens is 293 g/mol. The average molecular weight is 307 g/mol. The van der Waals surface area contributed by atoms with E-state index >= 15 is 0 Å². The standard InChI is InChI=1S/C18H14FN3O/c1-2-23-13-6-3-11(4-7-13)17-15-10-20-16-8-5-12(19)9-14(16)18(15)22-21-17/h3-10H,2H2,1H3,(H,21,22). The van der Waals surface area contributed by atoms with E-state index in [1.807, 2.05) is 31.2 Å². The van der Waals surface area contributed by atoms with Crippen LogP contribution in [0.5, 0.6) is 5.75 Å². The molecule has 114 valence electrons. The van der Waals surface area contributed by atoms with E-state index in [0.717, 1.165) is 38.8 Å². The van der Waals surface area contributed by atoms with E-state index in [2.05, 4.69) is 15.2 Å². The molecule has 2 aromatic heterocycles. The second kappa shape index (κ2) is 5.35. The van der Waals surface area contributed by atoms with Gasteiger partial charge < -0.3 is 4.74 Å². The van der Waals surface area contributed by atoms with E-state index < -0.39 is 0 Å². The van der Waals surface area contributed by atoms with Crippen LogP contribution in [-0.2, 0) is 0 Å². The first-order valence-electron chi connectivity index (χ1n) is 7.42. The summed E-state index contributed by atoms with van der Waals surface area (Å²) in [5.74, 6) is 0.533. The third-order valence-electron chi connectivity index (χ3n) is 3.80. The van der Waals surface area contributed by atoms with Crippen molar-refractivity contribution in [2.24, 2.45) is 0 Å². The highest BCUT2D eigenvalue weighted by Crippen LogP contribution is 2.31. The van der Waals surface area contributed by atoms with Gasteiger partial charge in [-0.25, -0.2) is 4.39 Å². The van der Waals surface area contributed by atoms with Gasteiger partial charge in [-0.2, -0.15) is 5.10 Å². The lowest BCUT2D eigenvalue weighted by Gasteiger charge is -2.04. The number of aromatic nitrogens is 3. The molecule has 4 nitrogen and oxygen atoms in total. The lowest BCUT2D eigenvalue weighted by Crippen LogP contribution is -1.90. The number of hydrogen-bond donors (Lipinski definition) is 1. The minimum absolute atomic E-state index is 0.288. The number of rotatable bonds is 3. The molecule has 5 heteroatoms. The first-order chi connectivity index (χ1) is 11.3. The Bertz CT molecular complexity index is 992. The Labute approximate surface area is 131 Å². The van der Waals surface area contributed by atoms with Gasteiger partial charge in [0.15, 0.2) is 0 Å². The van der Waals surface area contributed by atoms with Crippen LogP contribution in [0, 0.1) is 5.82 Å². The van der Waals surface area contributed by atoms with Crippen molar-refractivity contribution in [3.63, 3.8) is 0 Å². The lowest BCUT2D eigenvalue weighted by atomic mass is 10.1. The molecule has 0 atom stereocenters. The van der Waals surface area contributed by atoms with Crippen molar-refractivity contribution < 1.29 is 9.13 Å². The van der Waals surface area contributed by atoms with Crippen molar-refractivity contribution in [3.8, 4) is 17.0 Å². The molecule has 0 aliphatic heterocycles. The first kappa shape index (κ1) is 13.7. The lowest BCUT2D eigenvalue weighted by molar-refractivity contribution is 0.340. The van der Waals surface area contributed by atoms with E-state index in [-0.39, 0.29) is 5.82 Å². The SMILES string of the molecule is CCOc1ccc(-c2n[nH]c3c2cnc2ccc(F)cc23)cc1. The van der Waals surface area contributed by atoms with Crippen molar-refractivity contribution in [2.45, 2.75) is 6.92 Å². The predicted molar refractivity (Wildman–Crippen MR) is 88.0 cm³/mol. The van der Waals surface area contributed by atoms with E-state index in [0.29, 0.717) is 6.61 Å². The Hall–Kier alpha value is -2.95. The van der Waals surface area contributed by atoms with Gasteiger partial charge in [0.2, 0.25) is 0 Å². The van der Waals surface area contributed by atoms with Crippen LogP contribution in [-0.4, -0.2) is 21.8 Å². The van der Waals surface area contributed by atoms with Crippen LogP contribution in [0.2, 0.25) is 0 Å². The van der Waals surface area contributed by atoms with Crippen molar-refractivity contribution in [1.29, 1.82) is 0 Å². The number of aromatic amines is 1. The summed E-state index contributed by atoms with van der Waals surface area (Å²) in [6, 6.07) is 12.3. The zero-order valence-corrected chi connectivity index (χ0v) is 12.5. The van der Waals surface area contributed by atoms with Gasteiger partial charge >= 0.3 is 0 Å². The molecule has 0 amide bonds. The van der Waals surface area contributed by atoms with Crippen molar-refractivity contribution in [1.82, 2.24) is 15.2 Å². The van der Waals surface area contributed by atoms with Crippen LogP contribution in [0.15, 0.2) is 48.7 Å².